The van der Waals surface area contributed by atoms with E-state index < -0.39 is 0 Å². The molecule has 0 amide bonds. The number of hydrogen-bond donors (Lipinski definition) is 2. The molecule has 0 saturated carbocycles. The zero-order chi connectivity index (χ0) is 11.8. The minimum atomic E-state index is 0.196. The number of rotatable bonds is 2. The first-order chi connectivity index (χ1) is 8.24. The molecule has 6 heteroatoms. The predicted octanol–water partition coefficient (Wildman–Crippen LogP) is 0.957. The lowest BCUT2D eigenvalue weighted by molar-refractivity contribution is 0.477. The number of nitrogens with zero attached hydrogens (tertiary/aromatic N) is 4. The van der Waals surface area contributed by atoms with Gasteiger partial charge in [-0.05, 0) is 18.8 Å². The van der Waals surface area contributed by atoms with Crippen LogP contribution in [0.1, 0.15) is 12.8 Å². The lowest BCUT2D eigenvalue weighted by Crippen LogP contribution is -2.08. The molecule has 1 aliphatic carbocycles. The average molecular weight is 230 g/mol. The van der Waals surface area contributed by atoms with Crippen molar-refractivity contribution < 1.29 is 0 Å². The molecule has 1 aliphatic rings. The summed E-state index contributed by atoms with van der Waals surface area (Å²) in [5.41, 5.74) is 12.7. The van der Waals surface area contributed by atoms with Crippen molar-refractivity contribution in [1.82, 2.24) is 19.5 Å². The van der Waals surface area contributed by atoms with E-state index in [1.165, 1.54) is 0 Å². The van der Waals surface area contributed by atoms with Crippen LogP contribution in [-0.2, 0) is 6.54 Å². The molecule has 0 saturated heterocycles. The Balaban J connectivity index is 1.99. The SMILES string of the molecule is Nc1nc(N)c2ncn(CC3CC=CC3)c2n1. The number of allylic oxidation sites excluding steroid dienone is 2. The van der Waals surface area contributed by atoms with E-state index in [-0.39, 0.29) is 5.95 Å². The van der Waals surface area contributed by atoms with E-state index in [1.54, 1.807) is 6.33 Å². The van der Waals surface area contributed by atoms with Gasteiger partial charge in [0, 0.05) is 6.54 Å². The molecule has 0 aromatic carbocycles. The highest BCUT2D eigenvalue weighted by atomic mass is 15.2. The average Bonchev–Trinajstić information content (AvgIpc) is 2.89. The van der Waals surface area contributed by atoms with Gasteiger partial charge in [-0.3, -0.25) is 0 Å². The summed E-state index contributed by atoms with van der Waals surface area (Å²) in [6, 6.07) is 0. The fraction of sp³-hybridized carbons (Fsp3) is 0.364. The van der Waals surface area contributed by atoms with Crippen molar-refractivity contribution in [3.63, 3.8) is 0 Å². The van der Waals surface area contributed by atoms with Crippen LogP contribution in [0, 0.1) is 5.92 Å². The number of anilines is 2. The summed E-state index contributed by atoms with van der Waals surface area (Å²) in [5.74, 6) is 1.15. The van der Waals surface area contributed by atoms with Gasteiger partial charge in [0.2, 0.25) is 5.95 Å². The Bertz CT molecular complexity index is 577. The normalized spacial score (nSPS) is 16.0. The van der Waals surface area contributed by atoms with Gasteiger partial charge < -0.3 is 16.0 Å². The lowest BCUT2D eigenvalue weighted by atomic mass is 10.1. The summed E-state index contributed by atoms with van der Waals surface area (Å²) in [6.45, 7) is 0.888. The van der Waals surface area contributed by atoms with E-state index in [1.807, 2.05) is 4.57 Å². The van der Waals surface area contributed by atoms with Crippen molar-refractivity contribution >= 4 is 22.9 Å². The van der Waals surface area contributed by atoms with Gasteiger partial charge in [-0.25, -0.2) is 4.98 Å². The van der Waals surface area contributed by atoms with E-state index >= 15 is 0 Å². The molecule has 4 N–H and O–H groups in total. The van der Waals surface area contributed by atoms with Crippen LogP contribution in [0.3, 0.4) is 0 Å². The van der Waals surface area contributed by atoms with Gasteiger partial charge in [0.15, 0.2) is 11.5 Å². The first-order valence-corrected chi connectivity index (χ1v) is 5.63. The van der Waals surface area contributed by atoms with Gasteiger partial charge in [-0.1, -0.05) is 12.2 Å². The first-order valence-electron chi connectivity index (χ1n) is 5.63. The summed E-state index contributed by atoms with van der Waals surface area (Å²) in [5, 5.41) is 0. The summed E-state index contributed by atoms with van der Waals surface area (Å²) >= 11 is 0. The zero-order valence-corrected chi connectivity index (χ0v) is 9.37. The highest BCUT2D eigenvalue weighted by Gasteiger charge is 2.15. The highest BCUT2D eigenvalue weighted by molar-refractivity contribution is 5.82. The molecule has 0 aliphatic heterocycles. The number of aromatic nitrogens is 4. The van der Waals surface area contributed by atoms with Gasteiger partial charge >= 0.3 is 0 Å². The molecule has 6 nitrogen and oxygen atoms in total. The second-order valence-electron chi connectivity index (χ2n) is 4.35. The number of nitrogens with two attached hydrogens (primary N) is 2. The van der Waals surface area contributed by atoms with E-state index in [2.05, 4.69) is 27.1 Å². The van der Waals surface area contributed by atoms with Crippen LogP contribution in [0.25, 0.3) is 11.2 Å². The Morgan fingerprint density at radius 2 is 2.00 bits per heavy atom. The Hall–Kier alpha value is -2.11. The van der Waals surface area contributed by atoms with Crippen LogP contribution in [0.5, 0.6) is 0 Å². The molecule has 88 valence electrons. The molecule has 2 aromatic rings. The number of hydrogen-bond acceptors (Lipinski definition) is 5. The molecule has 0 unspecified atom stereocenters. The lowest BCUT2D eigenvalue weighted by Gasteiger charge is -2.10. The maximum Gasteiger partial charge on any atom is 0.224 e. The molecule has 0 radical (unpaired) electrons. The van der Waals surface area contributed by atoms with E-state index in [0.717, 1.165) is 25.0 Å². The molecule has 0 bridgehead atoms. The van der Waals surface area contributed by atoms with Crippen molar-refractivity contribution in [1.29, 1.82) is 0 Å². The van der Waals surface area contributed by atoms with Crippen LogP contribution in [0.15, 0.2) is 18.5 Å². The summed E-state index contributed by atoms with van der Waals surface area (Å²) < 4.78 is 2.00. The molecule has 0 atom stereocenters. The molecule has 17 heavy (non-hydrogen) atoms. The number of imidazole rings is 1. The fourth-order valence-corrected chi connectivity index (χ4v) is 2.22. The minimum absolute atomic E-state index is 0.196. The second kappa shape index (κ2) is 3.73. The quantitative estimate of drug-likeness (QED) is 0.749. The topological polar surface area (TPSA) is 95.6 Å². The van der Waals surface area contributed by atoms with Crippen LogP contribution in [0.4, 0.5) is 11.8 Å². The molecular weight excluding hydrogens is 216 g/mol. The molecule has 3 rings (SSSR count). The van der Waals surface area contributed by atoms with Gasteiger partial charge in [0.1, 0.15) is 5.52 Å². The largest absolute Gasteiger partial charge is 0.382 e. The molecular formula is C11H14N6. The van der Waals surface area contributed by atoms with Gasteiger partial charge in [-0.2, -0.15) is 9.97 Å². The molecule has 0 spiro atoms. The van der Waals surface area contributed by atoms with Gasteiger partial charge in [-0.15, -0.1) is 0 Å². The summed E-state index contributed by atoms with van der Waals surface area (Å²) in [4.78, 5) is 12.3. The predicted molar refractivity (Wildman–Crippen MR) is 66.0 cm³/mol. The van der Waals surface area contributed by atoms with E-state index in [0.29, 0.717) is 17.3 Å². The number of fused-ring (bicyclic) bond motifs is 1. The highest BCUT2D eigenvalue weighted by Crippen LogP contribution is 2.23. The van der Waals surface area contributed by atoms with Gasteiger partial charge in [0.05, 0.1) is 6.33 Å². The third kappa shape index (κ3) is 1.71. The fourth-order valence-electron chi connectivity index (χ4n) is 2.22. The maximum atomic E-state index is 5.76. The zero-order valence-electron chi connectivity index (χ0n) is 9.37. The van der Waals surface area contributed by atoms with Crippen molar-refractivity contribution in [3.8, 4) is 0 Å². The Labute approximate surface area is 98.4 Å². The van der Waals surface area contributed by atoms with E-state index in [4.69, 9.17) is 11.5 Å². The van der Waals surface area contributed by atoms with Crippen LogP contribution < -0.4 is 11.5 Å². The van der Waals surface area contributed by atoms with Crippen molar-refractivity contribution in [2.75, 3.05) is 11.5 Å². The second-order valence-corrected chi connectivity index (χ2v) is 4.35. The summed E-state index contributed by atoms with van der Waals surface area (Å²) in [7, 11) is 0. The summed E-state index contributed by atoms with van der Waals surface area (Å²) in [6.07, 6.45) is 8.39. The molecule has 2 aromatic heterocycles. The molecule has 2 heterocycles. The monoisotopic (exact) mass is 230 g/mol. The maximum absolute atomic E-state index is 5.76. The smallest absolute Gasteiger partial charge is 0.224 e. The first kappa shape index (κ1) is 10.1. The van der Waals surface area contributed by atoms with Crippen molar-refractivity contribution in [3.05, 3.63) is 18.5 Å². The van der Waals surface area contributed by atoms with Crippen LogP contribution in [0.2, 0.25) is 0 Å². The Morgan fingerprint density at radius 1 is 1.24 bits per heavy atom. The van der Waals surface area contributed by atoms with Crippen molar-refractivity contribution in [2.24, 2.45) is 5.92 Å². The number of nitrogen functional groups attached to an aromatic ring is 2. The third-order valence-corrected chi connectivity index (χ3v) is 3.07. The van der Waals surface area contributed by atoms with E-state index in [9.17, 15) is 0 Å². The third-order valence-electron chi connectivity index (χ3n) is 3.07. The minimum Gasteiger partial charge on any atom is -0.382 e. The Morgan fingerprint density at radius 3 is 2.76 bits per heavy atom. The standard InChI is InChI=1S/C11H14N6/c12-9-8-10(16-11(13)15-9)17(6-14-8)5-7-3-1-2-4-7/h1-2,6-7H,3-5H2,(H4,12,13,15,16). The molecule has 0 fully saturated rings. The Kier molecular flexibility index (Phi) is 2.21. The van der Waals surface area contributed by atoms with Crippen LogP contribution in [-0.4, -0.2) is 19.5 Å². The van der Waals surface area contributed by atoms with Crippen LogP contribution >= 0.6 is 0 Å². The van der Waals surface area contributed by atoms with Crippen molar-refractivity contribution in [2.45, 2.75) is 19.4 Å². The van der Waals surface area contributed by atoms with Gasteiger partial charge in [0.25, 0.3) is 0 Å².